The van der Waals surface area contributed by atoms with Gasteiger partial charge in [-0.25, -0.2) is 4.98 Å². The third kappa shape index (κ3) is 3.44. The molecule has 4 N–H and O–H groups in total. The molecule has 1 aromatic heterocycles. The maximum absolute atomic E-state index is 9.52. The van der Waals surface area contributed by atoms with E-state index in [0.29, 0.717) is 5.56 Å². The Kier molecular flexibility index (Phi) is 4.54. The van der Waals surface area contributed by atoms with E-state index >= 15 is 0 Å². The molecule has 0 bridgehead atoms. The van der Waals surface area contributed by atoms with Gasteiger partial charge >= 0.3 is 0 Å². The molecule has 1 aromatic rings. The van der Waals surface area contributed by atoms with Crippen LogP contribution in [0.5, 0.6) is 0 Å². The van der Waals surface area contributed by atoms with Gasteiger partial charge in [-0.1, -0.05) is 18.7 Å². The van der Waals surface area contributed by atoms with Crippen LogP contribution in [-0.4, -0.2) is 27.3 Å². The highest BCUT2D eigenvalue weighted by molar-refractivity contribution is 8.00. The monoisotopic (exact) mass is 253 g/mol. The number of hydrogen-bond donors (Lipinski definition) is 3. The minimum absolute atomic E-state index is 0.0156. The number of aliphatic hydroxyl groups is 1. The van der Waals surface area contributed by atoms with Crippen molar-refractivity contribution in [3.63, 3.8) is 0 Å². The van der Waals surface area contributed by atoms with Crippen molar-refractivity contribution in [2.45, 2.75) is 44.1 Å². The average Bonchev–Trinajstić information content (AvgIpc) is 2.14. The summed E-state index contributed by atoms with van der Waals surface area (Å²) in [4.78, 5) is 4.41. The van der Waals surface area contributed by atoms with Gasteiger partial charge in [0, 0.05) is 10.9 Å². The molecule has 0 fully saturated rings. The number of amidine groups is 1. The highest BCUT2D eigenvalue weighted by atomic mass is 32.2. The fourth-order valence-electron chi connectivity index (χ4n) is 1.49. The van der Waals surface area contributed by atoms with Crippen molar-refractivity contribution < 1.29 is 5.11 Å². The number of aliphatic hydroxyl groups excluding tert-OH is 1. The molecule has 0 amide bonds. The van der Waals surface area contributed by atoms with Gasteiger partial charge in [0.05, 0.1) is 11.7 Å². The van der Waals surface area contributed by atoms with E-state index in [0.717, 1.165) is 16.3 Å². The Labute approximate surface area is 106 Å². The Hall–Kier alpha value is -1.07. The Balaban J connectivity index is 3.17. The second kappa shape index (κ2) is 5.51. The van der Waals surface area contributed by atoms with E-state index in [-0.39, 0.29) is 11.1 Å². The first-order chi connectivity index (χ1) is 7.82. The van der Waals surface area contributed by atoms with Crippen molar-refractivity contribution in [3.8, 4) is 0 Å². The molecule has 94 valence electrons. The van der Waals surface area contributed by atoms with Crippen molar-refractivity contribution in [1.29, 1.82) is 5.41 Å². The summed E-state index contributed by atoms with van der Waals surface area (Å²) < 4.78 is 0. The maximum Gasteiger partial charge on any atom is 0.125 e. The van der Waals surface area contributed by atoms with Crippen LogP contribution in [0.2, 0.25) is 0 Å². The molecule has 0 aliphatic carbocycles. The lowest BCUT2D eigenvalue weighted by Crippen LogP contribution is -2.19. The van der Waals surface area contributed by atoms with Gasteiger partial charge in [0.25, 0.3) is 0 Å². The summed E-state index contributed by atoms with van der Waals surface area (Å²) in [5, 5.41) is 17.9. The number of nitrogens with zero attached hydrogens (tertiary/aromatic N) is 1. The first-order valence-electron chi connectivity index (χ1n) is 5.50. The highest BCUT2D eigenvalue weighted by Crippen LogP contribution is 2.28. The minimum atomic E-state index is -0.428. The predicted molar refractivity (Wildman–Crippen MR) is 71.7 cm³/mol. The van der Waals surface area contributed by atoms with E-state index in [4.69, 9.17) is 11.1 Å². The summed E-state index contributed by atoms with van der Waals surface area (Å²) >= 11 is 1.45. The van der Waals surface area contributed by atoms with Crippen molar-refractivity contribution >= 4 is 17.6 Å². The Morgan fingerprint density at radius 2 is 2.06 bits per heavy atom. The average molecular weight is 253 g/mol. The van der Waals surface area contributed by atoms with Crippen LogP contribution < -0.4 is 5.73 Å². The normalized spacial score (nSPS) is 14.4. The molecule has 4 nitrogen and oxygen atoms in total. The summed E-state index contributed by atoms with van der Waals surface area (Å²) in [5.74, 6) is 0.0234. The first kappa shape index (κ1) is 14.0. The van der Waals surface area contributed by atoms with Crippen molar-refractivity contribution in [3.05, 3.63) is 22.9 Å². The van der Waals surface area contributed by atoms with E-state index in [1.54, 1.807) is 6.92 Å². The van der Waals surface area contributed by atoms with Gasteiger partial charge in [0.2, 0.25) is 0 Å². The van der Waals surface area contributed by atoms with Gasteiger partial charge in [-0.15, -0.1) is 0 Å². The summed E-state index contributed by atoms with van der Waals surface area (Å²) in [6, 6.07) is 1.91. The molecule has 1 heterocycles. The number of thioether (sulfide) groups is 1. The third-order valence-electron chi connectivity index (χ3n) is 2.56. The molecular weight excluding hydrogens is 234 g/mol. The minimum Gasteiger partial charge on any atom is -0.392 e. The molecule has 0 aromatic carbocycles. The molecule has 2 unspecified atom stereocenters. The summed E-state index contributed by atoms with van der Waals surface area (Å²) in [5.41, 5.74) is 8.10. The van der Waals surface area contributed by atoms with Crippen LogP contribution in [0.25, 0.3) is 0 Å². The van der Waals surface area contributed by atoms with Gasteiger partial charge in [0.1, 0.15) is 10.9 Å². The van der Waals surface area contributed by atoms with Gasteiger partial charge in [-0.2, -0.15) is 0 Å². The quantitative estimate of drug-likeness (QED) is 0.434. The predicted octanol–water partition coefficient (Wildman–Crippen LogP) is 1.84. The number of nitrogens with two attached hydrogens (primary N) is 1. The van der Waals surface area contributed by atoms with E-state index in [9.17, 15) is 5.11 Å². The molecular formula is C12H19N3OS. The van der Waals surface area contributed by atoms with Crippen LogP contribution in [0.4, 0.5) is 0 Å². The summed E-state index contributed by atoms with van der Waals surface area (Å²) in [6.45, 7) is 7.50. The van der Waals surface area contributed by atoms with Gasteiger partial charge < -0.3 is 10.8 Å². The van der Waals surface area contributed by atoms with E-state index in [1.807, 2.05) is 26.8 Å². The standard InChI is InChI=1S/C12H19N3OS/c1-6-5-7(2)15-12(10(6)11(13)14)17-9(4)8(3)16/h5,8-9,16H,1-4H3,(H3,13,14). The summed E-state index contributed by atoms with van der Waals surface area (Å²) in [7, 11) is 0. The number of nitrogens with one attached hydrogen (secondary N) is 1. The third-order valence-corrected chi connectivity index (χ3v) is 3.84. The van der Waals surface area contributed by atoms with Crippen LogP contribution in [0.1, 0.15) is 30.7 Å². The highest BCUT2D eigenvalue weighted by Gasteiger charge is 2.17. The summed E-state index contributed by atoms with van der Waals surface area (Å²) in [6.07, 6.45) is -0.428. The fourth-order valence-corrected chi connectivity index (χ4v) is 2.62. The van der Waals surface area contributed by atoms with Gasteiger partial charge in [-0.3, -0.25) is 5.41 Å². The van der Waals surface area contributed by atoms with Crippen molar-refractivity contribution in [1.82, 2.24) is 4.98 Å². The van der Waals surface area contributed by atoms with Gasteiger partial charge in [0.15, 0.2) is 0 Å². The maximum atomic E-state index is 9.52. The smallest absolute Gasteiger partial charge is 0.125 e. The number of rotatable bonds is 4. The molecule has 0 spiro atoms. The molecule has 0 aliphatic heterocycles. The number of hydrogen-bond acceptors (Lipinski definition) is 4. The second-order valence-corrected chi connectivity index (χ2v) is 5.60. The van der Waals surface area contributed by atoms with E-state index < -0.39 is 6.10 Å². The zero-order valence-electron chi connectivity index (χ0n) is 10.6. The lowest BCUT2D eigenvalue weighted by atomic mass is 10.1. The lowest BCUT2D eigenvalue weighted by Gasteiger charge is -2.17. The topological polar surface area (TPSA) is 83.0 Å². The first-order valence-corrected chi connectivity index (χ1v) is 6.38. The number of aromatic nitrogens is 1. The molecule has 0 saturated carbocycles. The lowest BCUT2D eigenvalue weighted by molar-refractivity contribution is 0.196. The molecule has 1 rings (SSSR count). The Morgan fingerprint density at radius 3 is 2.53 bits per heavy atom. The van der Waals surface area contributed by atoms with Crippen molar-refractivity contribution in [2.24, 2.45) is 5.73 Å². The zero-order chi connectivity index (χ0) is 13.2. The van der Waals surface area contributed by atoms with Crippen LogP contribution in [-0.2, 0) is 0 Å². The van der Waals surface area contributed by atoms with Crippen molar-refractivity contribution in [2.75, 3.05) is 0 Å². The van der Waals surface area contributed by atoms with Crippen LogP contribution in [0, 0.1) is 19.3 Å². The van der Waals surface area contributed by atoms with Gasteiger partial charge in [-0.05, 0) is 32.4 Å². The number of aryl methyl sites for hydroxylation is 2. The largest absolute Gasteiger partial charge is 0.392 e. The zero-order valence-corrected chi connectivity index (χ0v) is 11.4. The van der Waals surface area contributed by atoms with Crippen LogP contribution >= 0.6 is 11.8 Å². The van der Waals surface area contributed by atoms with Crippen LogP contribution in [0.3, 0.4) is 0 Å². The molecule has 0 radical (unpaired) electrons. The Morgan fingerprint density at radius 1 is 1.47 bits per heavy atom. The SMILES string of the molecule is Cc1cc(C)c(C(=N)N)c(SC(C)C(C)O)n1. The molecule has 0 aliphatic rings. The molecule has 17 heavy (non-hydrogen) atoms. The number of pyridine rings is 1. The van der Waals surface area contributed by atoms with E-state index in [2.05, 4.69) is 4.98 Å². The number of nitrogen functional groups attached to an aromatic ring is 1. The van der Waals surface area contributed by atoms with E-state index in [1.165, 1.54) is 11.8 Å². The Bertz CT molecular complexity index is 432. The fraction of sp³-hybridized carbons (Fsp3) is 0.500. The second-order valence-electron chi connectivity index (χ2n) is 4.24. The van der Waals surface area contributed by atoms with Crippen LogP contribution in [0.15, 0.2) is 11.1 Å². The molecule has 0 saturated heterocycles. The molecule has 2 atom stereocenters. The molecule has 5 heteroatoms.